The Morgan fingerprint density at radius 2 is 2.10 bits per heavy atom. The van der Waals surface area contributed by atoms with Crippen molar-refractivity contribution in [1.29, 1.82) is 0 Å². The number of thiazole rings is 1. The number of para-hydroxylation sites is 1. The third kappa shape index (κ3) is 3.97. The van der Waals surface area contributed by atoms with Crippen molar-refractivity contribution in [3.63, 3.8) is 0 Å². The number of nitrogens with one attached hydrogen (secondary N) is 1. The summed E-state index contributed by atoms with van der Waals surface area (Å²) in [6.45, 7) is 0.524. The van der Waals surface area contributed by atoms with Gasteiger partial charge in [0.05, 0.1) is 26.9 Å². The molecule has 0 aliphatic heterocycles. The summed E-state index contributed by atoms with van der Waals surface area (Å²) in [4.78, 5) is 17.4. The standard InChI is InChI=1S/C14H11ClN2OS3/c15-12-6-5-9(20-12)7-16-13(18)8-19-14-17-10-3-1-2-4-11(10)21-14/h1-6H,7-8H2,(H,16,18). The molecule has 1 N–H and O–H groups in total. The number of fused-ring (bicyclic) bond motifs is 1. The zero-order valence-electron chi connectivity index (χ0n) is 10.8. The molecule has 0 unspecified atom stereocenters. The molecule has 2 aromatic heterocycles. The molecule has 3 nitrogen and oxygen atoms in total. The molecule has 3 rings (SSSR count). The Kier molecular flexibility index (Phi) is 4.80. The molecule has 0 saturated carbocycles. The Bertz CT molecular complexity index is 735. The molecule has 108 valence electrons. The van der Waals surface area contributed by atoms with Gasteiger partial charge in [0.25, 0.3) is 0 Å². The number of aromatic nitrogens is 1. The van der Waals surface area contributed by atoms with Gasteiger partial charge in [0.1, 0.15) is 0 Å². The summed E-state index contributed by atoms with van der Waals surface area (Å²) in [5.74, 6) is 0.377. The summed E-state index contributed by atoms with van der Waals surface area (Å²) in [5.41, 5.74) is 0.985. The number of carbonyl (C=O) groups excluding carboxylic acids is 1. The molecule has 2 heterocycles. The Labute approximate surface area is 139 Å². The zero-order valence-corrected chi connectivity index (χ0v) is 14.0. The van der Waals surface area contributed by atoms with Crippen LogP contribution in [0.3, 0.4) is 0 Å². The third-order valence-electron chi connectivity index (χ3n) is 2.69. The van der Waals surface area contributed by atoms with Crippen molar-refractivity contribution >= 4 is 62.2 Å². The number of thiophene rings is 1. The van der Waals surface area contributed by atoms with Gasteiger partial charge in [0.2, 0.25) is 5.91 Å². The van der Waals surface area contributed by atoms with E-state index in [0.717, 1.165) is 23.8 Å². The number of nitrogens with zero attached hydrogens (tertiary/aromatic N) is 1. The van der Waals surface area contributed by atoms with E-state index in [4.69, 9.17) is 11.6 Å². The maximum atomic E-state index is 11.8. The lowest BCUT2D eigenvalue weighted by molar-refractivity contribution is -0.118. The minimum atomic E-state index is 0.00350. The predicted molar refractivity (Wildman–Crippen MR) is 91.5 cm³/mol. The van der Waals surface area contributed by atoms with Gasteiger partial charge in [-0.1, -0.05) is 35.5 Å². The first-order valence-corrected chi connectivity index (χ1v) is 9.19. The number of hydrogen-bond donors (Lipinski definition) is 1. The van der Waals surface area contributed by atoms with Gasteiger partial charge in [0.15, 0.2) is 4.34 Å². The second-order valence-electron chi connectivity index (χ2n) is 4.22. The maximum Gasteiger partial charge on any atom is 0.230 e. The second kappa shape index (κ2) is 6.79. The molecule has 1 aromatic carbocycles. The number of benzene rings is 1. The van der Waals surface area contributed by atoms with Crippen LogP contribution in [-0.2, 0) is 11.3 Å². The van der Waals surface area contributed by atoms with Crippen LogP contribution in [0.4, 0.5) is 0 Å². The van der Waals surface area contributed by atoms with E-state index in [1.165, 1.54) is 23.1 Å². The monoisotopic (exact) mass is 354 g/mol. The lowest BCUT2D eigenvalue weighted by Gasteiger charge is -2.01. The van der Waals surface area contributed by atoms with E-state index in [9.17, 15) is 4.79 Å². The highest BCUT2D eigenvalue weighted by atomic mass is 35.5. The molecule has 3 aromatic rings. The lowest BCUT2D eigenvalue weighted by Crippen LogP contribution is -2.24. The van der Waals surface area contributed by atoms with Gasteiger partial charge in [-0.2, -0.15) is 0 Å². The molecule has 1 amide bonds. The summed E-state index contributed by atoms with van der Waals surface area (Å²) in [5, 5.41) is 2.89. The predicted octanol–water partition coefficient (Wildman–Crippen LogP) is 4.42. The first-order chi connectivity index (χ1) is 10.2. The number of halogens is 1. The van der Waals surface area contributed by atoms with Crippen molar-refractivity contribution in [3.8, 4) is 0 Å². The number of hydrogen-bond acceptors (Lipinski definition) is 5. The van der Waals surface area contributed by atoms with Crippen molar-refractivity contribution in [1.82, 2.24) is 10.3 Å². The van der Waals surface area contributed by atoms with Crippen molar-refractivity contribution in [2.24, 2.45) is 0 Å². The van der Waals surface area contributed by atoms with E-state index < -0.39 is 0 Å². The van der Waals surface area contributed by atoms with Gasteiger partial charge in [0, 0.05) is 4.88 Å². The van der Waals surface area contributed by atoms with E-state index in [0.29, 0.717) is 12.3 Å². The Morgan fingerprint density at radius 1 is 1.24 bits per heavy atom. The molecular weight excluding hydrogens is 344 g/mol. The smallest absolute Gasteiger partial charge is 0.230 e. The zero-order chi connectivity index (χ0) is 14.7. The number of thioether (sulfide) groups is 1. The van der Waals surface area contributed by atoms with Crippen LogP contribution in [0.5, 0.6) is 0 Å². The first kappa shape index (κ1) is 14.8. The summed E-state index contributed by atoms with van der Waals surface area (Å²) < 4.78 is 2.81. The quantitative estimate of drug-likeness (QED) is 0.689. The van der Waals surface area contributed by atoms with Gasteiger partial charge in [-0.25, -0.2) is 4.98 Å². The summed E-state index contributed by atoms with van der Waals surface area (Å²) >= 11 is 10.4. The van der Waals surface area contributed by atoms with Gasteiger partial charge in [-0.3, -0.25) is 4.79 Å². The van der Waals surface area contributed by atoms with Crippen molar-refractivity contribution in [3.05, 3.63) is 45.6 Å². The van der Waals surface area contributed by atoms with Crippen molar-refractivity contribution < 1.29 is 4.79 Å². The molecule has 0 spiro atoms. The maximum absolute atomic E-state index is 11.8. The molecule has 0 radical (unpaired) electrons. The average Bonchev–Trinajstić information content (AvgIpc) is 3.08. The second-order valence-corrected chi connectivity index (χ2v) is 8.27. The number of amides is 1. The summed E-state index contributed by atoms with van der Waals surface area (Å²) in [6.07, 6.45) is 0. The van der Waals surface area contributed by atoms with Crippen LogP contribution in [0.25, 0.3) is 10.2 Å². The van der Waals surface area contributed by atoms with E-state index in [2.05, 4.69) is 10.3 Å². The normalized spacial score (nSPS) is 10.9. The average molecular weight is 355 g/mol. The van der Waals surface area contributed by atoms with Gasteiger partial charge in [-0.05, 0) is 24.3 Å². The van der Waals surface area contributed by atoms with Crippen molar-refractivity contribution in [2.75, 3.05) is 5.75 Å². The molecule has 0 atom stereocenters. The minimum absolute atomic E-state index is 0.00350. The minimum Gasteiger partial charge on any atom is -0.350 e. The summed E-state index contributed by atoms with van der Waals surface area (Å²) in [7, 11) is 0. The lowest BCUT2D eigenvalue weighted by atomic mass is 10.3. The van der Waals surface area contributed by atoms with Gasteiger partial charge < -0.3 is 5.32 Å². The molecule has 0 aliphatic carbocycles. The van der Waals surface area contributed by atoms with E-state index >= 15 is 0 Å². The topological polar surface area (TPSA) is 42.0 Å². The third-order valence-corrected chi connectivity index (χ3v) is 6.10. The highest BCUT2D eigenvalue weighted by Gasteiger charge is 2.08. The van der Waals surface area contributed by atoms with Crippen LogP contribution in [-0.4, -0.2) is 16.6 Å². The highest BCUT2D eigenvalue weighted by molar-refractivity contribution is 8.01. The van der Waals surface area contributed by atoms with Crippen LogP contribution in [0.1, 0.15) is 4.88 Å². The van der Waals surface area contributed by atoms with Crippen LogP contribution in [0.2, 0.25) is 4.34 Å². The molecular formula is C14H11ClN2OS3. The molecule has 21 heavy (non-hydrogen) atoms. The largest absolute Gasteiger partial charge is 0.350 e. The fourth-order valence-electron chi connectivity index (χ4n) is 1.72. The first-order valence-electron chi connectivity index (χ1n) is 6.20. The Morgan fingerprint density at radius 3 is 2.86 bits per heavy atom. The number of carbonyl (C=O) groups is 1. The molecule has 0 aliphatic rings. The Hall–Kier alpha value is -1.08. The SMILES string of the molecule is O=C(CSc1nc2ccccc2s1)NCc1ccc(Cl)s1. The van der Waals surface area contributed by atoms with E-state index in [1.807, 2.05) is 36.4 Å². The molecule has 7 heteroatoms. The van der Waals surface area contributed by atoms with Gasteiger partial charge >= 0.3 is 0 Å². The van der Waals surface area contributed by atoms with Crippen LogP contribution in [0, 0.1) is 0 Å². The fourth-order valence-corrected chi connectivity index (χ4v) is 4.65. The van der Waals surface area contributed by atoms with E-state index in [1.54, 1.807) is 11.3 Å². The molecule has 0 saturated heterocycles. The molecule has 0 fully saturated rings. The van der Waals surface area contributed by atoms with Crippen LogP contribution >= 0.6 is 46.0 Å². The van der Waals surface area contributed by atoms with Gasteiger partial charge in [-0.15, -0.1) is 22.7 Å². The van der Waals surface area contributed by atoms with Crippen LogP contribution < -0.4 is 5.32 Å². The number of rotatable bonds is 5. The highest BCUT2D eigenvalue weighted by Crippen LogP contribution is 2.29. The van der Waals surface area contributed by atoms with E-state index in [-0.39, 0.29) is 5.91 Å². The van der Waals surface area contributed by atoms with Crippen LogP contribution in [0.15, 0.2) is 40.7 Å². The van der Waals surface area contributed by atoms with Crippen molar-refractivity contribution in [2.45, 2.75) is 10.9 Å². The fraction of sp³-hybridized carbons (Fsp3) is 0.143. The Balaban J connectivity index is 1.51. The summed E-state index contributed by atoms with van der Waals surface area (Å²) in [6, 6.07) is 11.7. The molecule has 0 bridgehead atoms.